The lowest BCUT2D eigenvalue weighted by atomic mass is 9.87. The molecule has 1 unspecified atom stereocenters. The lowest BCUT2D eigenvalue weighted by Crippen LogP contribution is -2.37. The SMILES string of the molecule is O=C1OC2(OC(=O)c3cccc4cccc2c34)c2ccccc21. The van der Waals surface area contributed by atoms with Gasteiger partial charge >= 0.3 is 17.7 Å². The summed E-state index contributed by atoms with van der Waals surface area (Å²) in [7, 11) is 0. The highest BCUT2D eigenvalue weighted by Gasteiger charge is 2.53. The van der Waals surface area contributed by atoms with E-state index in [9.17, 15) is 9.59 Å². The second-order valence-electron chi connectivity index (χ2n) is 5.65. The summed E-state index contributed by atoms with van der Waals surface area (Å²) in [5.41, 5.74) is 2.17. The van der Waals surface area contributed by atoms with Crippen LogP contribution in [0.5, 0.6) is 0 Å². The first-order chi connectivity index (χ1) is 11.2. The molecule has 0 fully saturated rings. The van der Waals surface area contributed by atoms with Gasteiger partial charge in [-0.25, -0.2) is 9.59 Å². The first kappa shape index (κ1) is 12.4. The fraction of sp³-hybridized carbons (Fsp3) is 0.0526. The second-order valence-corrected chi connectivity index (χ2v) is 5.65. The summed E-state index contributed by atoms with van der Waals surface area (Å²) in [4.78, 5) is 24.8. The van der Waals surface area contributed by atoms with Crippen LogP contribution in [0.1, 0.15) is 31.8 Å². The smallest absolute Gasteiger partial charge is 0.342 e. The highest BCUT2D eigenvalue weighted by molar-refractivity contribution is 6.09. The van der Waals surface area contributed by atoms with E-state index in [0.717, 1.165) is 10.8 Å². The maximum atomic E-state index is 12.5. The maximum absolute atomic E-state index is 12.5. The quantitative estimate of drug-likeness (QED) is 0.597. The Balaban J connectivity index is 1.94. The van der Waals surface area contributed by atoms with Gasteiger partial charge in [-0.15, -0.1) is 0 Å². The summed E-state index contributed by atoms with van der Waals surface area (Å²) in [5, 5.41) is 1.69. The van der Waals surface area contributed by atoms with E-state index in [1.165, 1.54) is 0 Å². The molecule has 3 aromatic carbocycles. The van der Waals surface area contributed by atoms with Crippen molar-refractivity contribution in [2.75, 3.05) is 0 Å². The molecule has 5 rings (SSSR count). The van der Waals surface area contributed by atoms with Crippen molar-refractivity contribution in [2.24, 2.45) is 0 Å². The average Bonchev–Trinajstić information content (AvgIpc) is 2.86. The van der Waals surface area contributed by atoms with Gasteiger partial charge in [-0.2, -0.15) is 0 Å². The van der Waals surface area contributed by atoms with Gasteiger partial charge in [0.1, 0.15) is 0 Å². The summed E-state index contributed by atoms with van der Waals surface area (Å²) in [6.07, 6.45) is 0. The molecule has 0 aromatic heterocycles. The van der Waals surface area contributed by atoms with Crippen molar-refractivity contribution in [1.82, 2.24) is 0 Å². The number of carbonyl (C=O) groups is 2. The van der Waals surface area contributed by atoms with Crippen molar-refractivity contribution in [2.45, 2.75) is 5.79 Å². The normalized spacial score (nSPS) is 21.2. The molecule has 2 aliphatic heterocycles. The first-order valence-electron chi connectivity index (χ1n) is 7.29. The number of carbonyl (C=O) groups excluding carboxylic acids is 2. The molecule has 4 nitrogen and oxygen atoms in total. The van der Waals surface area contributed by atoms with Gasteiger partial charge < -0.3 is 9.47 Å². The molecule has 2 aliphatic rings. The van der Waals surface area contributed by atoms with Gasteiger partial charge in [-0.1, -0.05) is 42.5 Å². The largest absolute Gasteiger partial charge is 0.410 e. The standard InChI is InChI=1S/C19H10O4/c20-17-12-7-1-2-9-14(12)19(22-17)15-10-4-6-11-5-3-8-13(16(11)15)18(21)23-19/h1-10H. The van der Waals surface area contributed by atoms with Crippen LogP contribution >= 0.6 is 0 Å². The Morgan fingerprint density at radius 3 is 2.09 bits per heavy atom. The van der Waals surface area contributed by atoms with Crippen molar-refractivity contribution in [3.05, 3.63) is 82.9 Å². The van der Waals surface area contributed by atoms with E-state index < -0.39 is 17.7 Å². The molecule has 4 heteroatoms. The minimum atomic E-state index is -1.49. The molecule has 0 radical (unpaired) electrons. The molecular formula is C19H10O4. The Morgan fingerprint density at radius 2 is 1.26 bits per heavy atom. The van der Waals surface area contributed by atoms with Crippen LogP contribution in [-0.4, -0.2) is 11.9 Å². The zero-order chi connectivity index (χ0) is 15.6. The molecule has 23 heavy (non-hydrogen) atoms. The van der Waals surface area contributed by atoms with Crippen LogP contribution in [0.2, 0.25) is 0 Å². The third kappa shape index (κ3) is 1.40. The fourth-order valence-corrected chi connectivity index (χ4v) is 3.49. The van der Waals surface area contributed by atoms with Gasteiger partial charge in [0.15, 0.2) is 0 Å². The molecule has 110 valence electrons. The number of esters is 2. The Bertz CT molecular complexity index is 1020. The molecule has 2 heterocycles. The number of fused-ring (bicyclic) bond motifs is 3. The Hall–Kier alpha value is -3.14. The van der Waals surface area contributed by atoms with Crippen LogP contribution in [0.25, 0.3) is 10.8 Å². The van der Waals surface area contributed by atoms with Crippen molar-refractivity contribution in [3.8, 4) is 0 Å². The number of ether oxygens (including phenoxy) is 2. The number of hydrogen-bond donors (Lipinski definition) is 0. The zero-order valence-corrected chi connectivity index (χ0v) is 11.9. The van der Waals surface area contributed by atoms with E-state index >= 15 is 0 Å². The Morgan fingerprint density at radius 1 is 0.652 bits per heavy atom. The summed E-state index contributed by atoms with van der Waals surface area (Å²) >= 11 is 0. The van der Waals surface area contributed by atoms with E-state index in [1.54, 1.807) is 30.3 Å². The van der Waals surface area contributed by atoms with E-state index in [2.05, 4.69) is 0 Å². The average molecular weight is 302 g/mol. The van der Waals surface area contributed by atoms with Gasteiger partial charge in [0.05, 0.1) is 22.3 Å². The monoisotopic (exact) mass is 302 g/mol. The predicted octanol–water partition coefficient (Wildman–Crippen LogP) is 3.38. The molecule has 3 aromatic rings. The molecule has 1 atom stereocenters. The van der Waals surface area contributed by atoms with Gasteiger partial charge in [-0.05, 0) is 23.6 Å². The van der Waals surface area contributed by atoms with Crippen molar-refractivity contribution in [3.63, 3.8) is 0 Å². The third-order valence-corrected chi connectivity index (χ3v) is 4.45. The highest BCUT2D eigenvalue weighted by atomic mass is 16.7. The van der Waals surface area contributed by atoms with Gasteiger partial charge in [0.2, 0.25) is 0 Å². The highest BCUT2D eigenvalue weighted by Crippen LogP contribution is 2.48. The van der Waals surface area contributed by atoms with Gasteiger partial charge in [-0.3, -0.25) is 0 Å². The van der Waals surface area contributed by atoms with Crippen LogP contribution < -0.4 is 0 Å². The zero-order valence-electron chi connectivity index (χ0n) is 11.9. The lowest BCUT2D eigenvalue weighted by molar-refractivity contribution is -0.138. The van der Waals surface area contributed by atoms with Crippen LogP contribution in [0.3, 0.4) is 0 Å². The van der Waals surface area contributed by atoms with Crippen LogP contribution in [-0.2, 0) is 15.3 Å². The van der Waals surface area contributed by atoms with Crippen LogP contribution in [0.15, 0.2) is 60.7 Å². The van der Waals surface area contributed by atoms with Crippen molar-refractivity contribution >= 4 is 22.7 Å². The van der Waals surface area contributed by atoms with E-state index in [1.807, 2.05) is 30.3 Å². The molecule has 0 aliphatic carbocycles. The van der Waals surface area contributed by atoms with E-state index in [-0.39, 0.29) is 0 Å². The Labute approximate surface area is 131 Å². The molecule has 0 saturated heterocycles. The predicted molar refractivity (Wildman–Crippen MR) is 82.0 cm³/mol. The molecular weight excluding hydrogens is 292 g/mol. The summed E-state index contributed by atoms with van der Waals surface area (Å²) < 4.78 is 11.3. The first-order valence-corrected chi connectivity index (χ1v) is 7.29. The Kier molecular flexibility index (Phi) is 2.15. The number of benzene rings is 3. The van der Waals surface area contributed by atoms with E-state index in [4.69, 9.17) is 9.47 Å². The number of rotatable bonds is 0. The minimum absolute atomic E-state index is 0.427. The number of hydrogen-bond acceptors (Lipinski definition) is 4. The molecule has 0 saturated carbocycles. The fourth-order valence-electron chi connectivity index (χ4n) is 3.49. The van der Waals surface area contributed by atoms with E-state index in [0.29, 0.717) is 22.3 Å². The summed E-state index contributed by atoms with van der Waals surface area (Å²) in [5.74, 6) is -2.46. The van der Waals surface area contributed by atoms with Crippen molar-refractivity contribution < 1.29 is 19.1 Å². The molecule has 0 amide bonds. The minimum Gasteiger partial charge on any atom is -0.410 e. The molecule has 0 bridgehead atoms. The van der Waals surface area contributed by atoms with Crippen molar-refractivity contribution in [1.29, 1.82) is 0 Å². The summed E-state index contributed by atoms with van der Waals surface area (Å²) in [6.45, 7) is 0. The molecule has 1 spiro atoms. The maximum Gasteiger partial charge on any atom is 0.342 e. The van der Waals surface area contributed by atoms with Gasteiger partial charge in [0.25, 0.3) is 0 Å². The second kappa shape index (κ2) is 3.98. The lowest BCUT2D eigenvalue weighted by Gasteiger charge is -2.33. The van der Waals surface area contributed by atoms with Gasteiger partial charge in [0, 0.05) is 5.39 Å². The topological polar surface area (TPSA) is 52.6 Å². The van der Waals surface area contributed by atoms with Crippen LogP contribution in [0.4, 0.5) is 0 Å². The summed E-state index contributed by atoms with van der Waals surface area (Å²) in [6, 6.07) is 18.1. The molecule has 0 N–H and O–H groups in total. The van der Waals surface area contributed by atoms with Crippen LogP contribution in [0, 0.1) is 0 Å². The third-order valence-electron chi connectivity index (χ3n) is 4.45.